The second-order valence-electron chi connectivity index (χ2n) is 7.71. The van der Waals surface area contributed by atoms with Crippen LogP contribution in [0.2, 0.25) is 0 Å². The van der Waals surface area contributed by atoms with Gasteiger partial charge < -0.3 is 10.1 Å². The normalized spacial score (nSPS) is 13.9. The monoisotopic (exact) mass is 478 g/mol. The molecule has 8 heteroatoms. The Kier molecular flexibility index (Phi) is 5.57. The molecule has 1 saturated heterocycles. The van der Waals surface area contributed by atoms with Gasteiger partial charge >= 0.3 is 0 Å². The van der Waals surface area contributed by atoms with E-state index in [0.717, 1.165) is 44.5 Å². The Morgan fingerprint density at radius 2 is 2.00 bits per heavy atom. The second kappa shape index (κ2) is 8.64. The van der Waals surface area contributed by atoms with Gasteiger partial charge in [-0.25, -0.2) is 9.97 Å². The molecule has 3 heterocycles. The average molecular weight is 479 g/mol. The molecule has 1 aliphatic heterocycles. The minimum absolute atomic E-state index is 0.546. The molecule has 1 N–H and O–H groups in total. The summed E-state index contributed by atoms with van der Waals surface area (Å²) in [4.78, 5) is 11.5. The maximum absolute atomic E-state index is 6.09. The summed E-state index contributed by atoms with van der Waals surface area (Å²) in [6.07, 6.45) is 6.96. The maximum Gasteiger partial charge on any atom is 0.227 e. The largest absolute Gasteiger partial charge is 0.492 e. The smallest absolute Gasteiger partial charge is 0.227 e. The number of ether oxygens (including phenoxy) is 1. The van der Waals surface area contributed by atoms with Crippen LogP contribution in [0.25, 0.3) is 22.0 Å². The minimum Gasteiger partial charge on any atom is -0.492 e. The van der Waals surface area contributed by atoms with Gasteiger partial charge in [0, 0.05) is 53.2 Å². The fourth-order valence-electron chi connectivity index (χ4n) is 3.58. The lowest BCUT2D eigenvalue weighted by Gasteiger charge is -2.30. The first-order chi connectivity index (χ1) is 15.1. The van der Waals surface area contributed by atoms with Crippen molar-refractivity contribution in [2.24, 2.45) is 7.05 Å². The van der Waals surface area contributed by atoms with Crippen molar-refractivity contribution in [1.29, 1.82) is 0 Å². The number of halogens is 1. The van der Waals surface area contributed by atoms with Crippen LogP contribution in [0.5, 0.6) is 5.75 Å². The van der Waals surface area contributed by atoms with Crippen molar-refractivity contribution in [2.75, 3.05) is 31.6 Å². The van der Waals surface area contributed by atoms with E-state index >= 15 is 0 Å². The van der Waals surface area contributed by atoms with Crippen molar-refractivity contribution < 1.29 is 4.74 Å². The molecule has 0 bridgehead atoms. The molecule has 0 radical (unpaired) electrons. The molecule has 1 fully saturated rings. The number of rotatable bonds is 7. The minimum atomic E-state index is 0.546. The third kappa shape index (κ3) is 4.70. The molecule has 158 valence electrons. The number of hydrogen-bond acceptors (Lipinski definition) is 6. The zero-order valence-electron chi connectivity index (χ0n) is 17.3. The lowest BCUT2D eigenvalue weighted by atomic mass is 10.1. The molecule has 0 atom stereocenters. The van der Waals surface area contributed by atoms with Gasteiger partial charge in [0.25, 0.3) is 0 Å². The Bertz CT molecular complexity index is 1220. The van der Waals surface area contributed by atoms with Crippen LogP contribution in [-0.4, -0.2) is 50.9 Å². The van der Waals surface area contributed by atoms with Gasteiger partial charge in [0.2, 0.25) is 5.95 Å². The average Bonchev–Trinajstić information content (AvgIpc) is 3.16. The van der Waals surface area contributed by atoms with Crippen molar-refractivity contribution >= 4 is 38.5 Å². The van der Waals surface area contributed by atoms with E-state index in [0.29, 0.717) is 12.6 Å². The molecule has 7 nitrogen and oxygen atoms in total. The molecule has 2 aromatic heterocycles. The summed E-state index contributed by atoms with van der Waals surface area (Å²) in [6, 6.07) is 12.1. The predicted molar refractivity (Wildman–Crippen MR) is 126 cm³/mol. The molecule has 31 heavy (non-hydrogen) atoms. The topological polar surface area (TPSA) is 68.1 Å². The number of hydrogen-bond donors (Lipinski definition) is 1. The summed E-state index contributed by atoms with van der Waals surface area (Å²) in [5.74, 6) is 1.36. The molecule has 2 aromatic carbocycles. The Balaban J connectivity index is 1.41. The van der Waals surface area contributed by atoms with Crippen LogP contribution in [0.3, 0.4) is 0 Å². The van der Waals surface area contributed by atoms with Crippen LogP contribution < -0.4 is 10.1 Å². The standard InChI is InChI=1S/C23H23BrN6O/c1-29-15-18(14-26-29)16-10-20(12-21(11-16)31-8-7-30-5-2-6-30)27-23-25-13-17-9-19(24)3-4-22(17)28-23/h3-4,9-15H,2,5-8H2,1H3,(H,25,27,28). The van der Waals surface area contributed by atoms with Crippen LogP contribution in [-0.2, 0) is 7.05 Å². The zero-order valence-corrected chi connectivity index (χ0v) is 18.8. The van der Waals surface area contributed by atoms with Gasteiger partial charge in [-0.3, -0.25) is 9.58 Å². The number of likely N-dealkylation sites (tertiary alicyclic amines) is 1. The number of nitrogens with one attached hydrogen (secondary N) is 1. The third-order valence-electron chi connectivity index (χ3n) is 5.37. The summed E-state index contributed by atoms with van der Waals surface area (Å²) in [5, 5.41) is 8.63. The van der Waals surface area contributed by atoms with Gasteiger partial charge in [0.05, 0.1) is 11.7 Å². The number of aryl methyl sites for hydroxylation is 1. The Hall–Kier alpha value is -2.97. The summed E-state index contributed by atoms with van der Waals surface area (Å²) in [7, 11) is 1.91. The highest BCUT2D eigenvalue weighted by Gasteiger charge is 2.13. The Morgan fingerprint density at radius 1 is 1.10 bits per heavy atom. The first-order valence-corrected chi connectivity index (χ1v) is 11.1. The summed E-state index contributed by atoms with van der Waals surface area (Å²) >= 11 is 3.49. The van der Waals surface area contributed by atoms with Gasteiger partial charge in [0.1, 0.15) is 12.4 Å². The molecular formula is C23H23BrN6O. The zero-order chi connectivity index (χ0) is 21.2. The van der Waals surface area contributed by atoms with Crippen molar-refractivity contribution in [3.63, 3.8) is 0 Å². The second-order valence-corrected chi connectivity index (χ2v) is 8.63. The SMILES string of the molecule is Cn1cc(-c2cc(Nc3ncc4cc(Br)ccc4n3)cc(OCCN3CCC3)c2)cn1. The summed E-state index contributed by atoms with van der Waals surface area (Å²) < 4.78 is 8.89. The Labute approximate surface area is 189 Å². The van der Waals surface area contributed by atoms with Gasteiger partial charge in [-0.15, -0.1) is 0 Å². The highest BCUT2D eigenvalue weighted by atomic mass is 79.9. The van der Waals surface area contributed by atoms with Crippen molar-refractivity contribution in [2.45, 2.75) is 6.42 Å². The van der Waals surface area contributed by atoms with Crippen LogP contribution in [0.1, 0.15) is 6.42 Å². The van der Waals surface area contributed by atoms with E-state index in [1.165, 1.54) is 19.5 Å². The number of benzene rings is 2. The summed E-state index contributed by atoms with van der Waals surface area (Å²) in [5.41, 5.74) is 3.82. The van der Waals surface area contributed by atoms with E-state index < -0.39 is 0 Å². The highest BCUT2D eigenvalue weighted by molar-refractivity contribution is 9.10. The van der Waals surface area contributed by atoms with Gasteiger partial charge in [-0.1, -0.05) is 15.9 Å². The Morgan fingerprint density at radius 3 is 2.77 bits per heavy atom. The summed E-state index contributed by atoms with van der Waals surface area (Å²) in [6.45, 7) is 3.95. The fraction of sp³-hybridized carbons (Fsp3) is 0.261. The lowest BCUT2D eigenvalue weighted by Crippen LogP contribution is -2.39. The third-order valence-corrected chi connectivity index (χ3v) is 5.86. The van der Waals surface area contributed by atoms with E-state index in [-0.39, 0.29) is 0 Å². The van der Waals surface area contributed by atoms with Crippen molar-refractivity contribution in [3.8, 4) is 16.9 Å². The number of aromatic nitrogens is 4. The van der Waals surface area contributed by atoms with Crippen LogP contribution in [0.15, 0.2) is 59.5 Å². The molecule has 0 aliphatic carbocycles. The maximum atomic E-state index is 6.09. The van der Waals surface area contributed by atoms with Gasteiger partial charge in [-0.05, 0) is 55.4 Å². The first kappa shape index (κ1) is 20.0. The molecule has 4 aromatic rings. The molecule has 0 amide bonds. The van der Waals surface area contributed by atoms with E-state index in [1.807, 2.05) is 49.9 Å². The van der Waals surface area contributed by atoms with E-state index in [2.05, 4.69) is 53.3 Å². The van der Waals surface area contributed by atoms with E-state index in [9.17, 15) is 0 Å². The van der Waals surface area contributed by atoms with Gasteiger partial charge in [-0.2, -0.15) is 5.10 Å². The number of anilines is 2. The number of nitrogens with zero attached hydrogens (tertiary/aromatic N) is 5. The lowest BCUT2D eigenvalue weighted by molar-refractivity contribution is 0.147. The van der Waals surface area contributed by atoms with Crippen LogP contribution in [0.4, 0.5) is 11.6 Å². The number of fused-ring (bicyclic) bond motifs is 1. The molecule has 0 spiro atoms. The predicted octanol–water partition coefficient (Wildman–Crippen LogP) is 4.62. The van der Waals surface area contributed by atoms with E-state index in [1.54, 1.807) is 4.68 Å². The van der Waals surface area contributed by atoms with Crippen LogP contribution >= 0.6 is 15.9 Å². The molecule has 0 unspecified atom stereocenters. The van der Waals surface area contributed by atoms with E-state index in [4.69, 9.17) is 4.74 Å². The van der Waals surface area contributed by atoms with Crippen LogP contribution in [0, 0.1) is 0 Å². The fourth-order valence-corrected chi connectivity index (χ4v) is 3.96. The molecular weight excluding hydrogens is 456 g/mol. The van der Waals surface area contributed by atoms with Crippen molar-refractivity contribution in [1.82, 2.24) is 24.6 Å². The first-order valence-electron chi connectivity index (χ1n) is 10.3. The molecule has 5 rings (SSSR count). The molecule has 1 aliphatic rings. The molecule has 0 saturated carbocycles. The van der Waals surface area contributed by atoms with Gasteiger partial charge in [0.15, 0.2) is 0 Å². The highest BCUT2D eigenvalue weighted by Crippen LogP contribution is 2.30. The quantitative estimate of drug-likeness (QED) is 0.417. The van der Waals surface area contributed by atoms with Crippen molar-refractivity contribution in [3.05, 3.63) is 59.5 Å².